The van der Waals surface area contributed by atoms with Crippen LogP contribution in [0.5, 0.6) is 0 Å². The van der Waals surface area contributed by atoms with Crippen LogP contribution >= 0.6 is 0 Å². The molecule has 0 spiro atoms. The normalized spacial score (nSPS) is 14.5. The third kappa shape index (κ3) is 2.30. The zero-order valence-electron chi connectivity index (χ0n) is 11.6. The first kappa shape index (κ1) is 12.1. The van der Waals surface area contributed by atoms with Crippen molar-refractivity contribution >= 4 is 5.82 Å². The van der Waals surface area contributed by atoms with Gasteiger partial charge in [0.05, 0.1) is 5.69 Å². The zero-order valence-corrected chi connectivity index (χ0v) is 11.6. The van der Waals surface area contributed by atoms with Crippen LogP contribution in [0.3, 0.4) is 0 Å². The number of hydrogen-bond acceptors (Lipinski definition) is 4. The molecule has 3 rings (SSSR count). The molecular formula is C15H18N4. The van der Waals surface area contributed by atoms with E-state index in [0.29, 0.717) is 5.92 Å². The minimum Gasteiger partial charge on any atom is -0.373 e. The van der Waals surface area contributed by atoms with Gasteiger partial charge in [-0.05, 0) is 38.3 Å². The molecule has 2 heterocycles. The summed E-state index contributed by atoms with van der Waals surface area (Å²) in [7, 11) is 1.91. The molecule has 2 aromatic heterocycles. The molecule has 1 aliphatic carbocycles. The largest absolute Gasteiger partial charge is 0.373 e. The molecule has 1 N–H and O–H groups in total. The Kier molecular flexibility index (Phi) is 2.93. The topological polar surface area (TPSA) is 50.7 Å². The minimum atomic E-state index is 0.546. The Morgan fingerprint density at radius 2 is 1.95 bits per heavy atom. The van der Waals surface area contributed by atoms with Crippen molar-refractivity contribution in [3.63, 3.8) is 0 Å². The maximum absolute atomic E-state index is 4.76. The van der Waals surface area contributed by atoms with E-state index >= 15 is 0 Å². The molecule has 0 unspecified atom stereocenters. The molecule has 0 bridgehead atoms. The van der Waals surface area contributed by atoms with Crippen LogP contribution in [0.15, 0.2) is 18.5 Å². The first-order valence-electron chi connectivity index (χ1n) is 6.67. The summed E-state index contributed by atoms with van der Waals surface area (Å²) >= 11 is 0. The number of hydrogen-bond donors (Lipinski definition) is 1. The Bertz CT molecular complexity index is 618. The fraction of sp³-hybridized carbons (Fsp3) is 0.400. The SMILES string of the molecule is CNc1nc(C2CC2)nc(-c2cncc(C)c2)c1C. The van der Waals surface area contributed by atoms with Gasteiger partial charge in [-0.25, -0.2) is 9.97 Å². The number of rotatable bonds is 3. The van der Waals surface area contributed by atoms with Gasteiger partial charge in [-0.2, -0.15) is 0 Å². The maximum Gasteiger partial charge on any atom is 0.134 e. The summed E-state index contributed by atoms with van der Waals surface area (Å²) in [6.45, 7) is 4.11. The Balaban J connectivity index is 2.15. The van der Waals surface area contributed by atoms with E-state index in [9.17, 15) is 0 Å². The summed E-state index contributed by atoms with van der Waals surface area (Å²) in [5, 5.41) is 3.17. The van der Waals surface area contributed by atoms with E-state index < -0.39 is 0 Å². The lowest BCUT2D eigenvalue weighted by Crippen LogP contribution is -2.04. The number of nitrogens with one attached hydrogen (secondary N) is 1. The Hall–Kier alpha value is -1.97. The van der Waals surface area contributed by atoms with Crippen LogP contribution in [-0.4, -0.2) is 22.0 Å². The second-order valence-electron chi connectivity index (χ2n) is 5.18. The number of nitrogens with zero attached hydrogens (tertiary/aromatic N) is 3. The van der Waals surface area contributed by atoms with Gasteiger partial charge in [0.1, 0.15) is 11.6 Å². The van der Waals surface area contributed by atoms with Crippen molar-refractivity contribution in [2.75, 3.05) is 12.4 Å². The van der Waals surface area contributed by atoms with Crippen molar-refractivity contribution in [2.24, 2.45) is 0 Å². The van der Waals surface area contributed by atoms with Crippen molar-refractivity contribution in [3.8, 4) is 11.3 Å². The third-order valence-corrected chi connectivity index (χ3v) is 3.49. The molecular weight excluding hydrogens is 236 g/mol. The van der Waals surface area contributed by atoms with Gasteiger partial charge in [-0.15, -0.1) is 0 Å². The lowest BCUT2D eigenvalue weighted by atomic mass is 10.1. The minimum absolute atomic E-state index is 0.546. The molecule has 0 amide bonds. The number of anilines is 1. The quantitative estimate of drug-likeness (QED) is 0.914. The van der Waals surface area contributed by atoms with E-state index in [1.165, 1.54) is 12.8 Å². The first-order valence-corrected chi connectivity index (χ1v) is 6.67. The van der Waals surface area contributed by atoms with Gasteiger partial charge in [-0.1, -0.05) is 0 Å². The fourth-order valence-electron chi connectivity index (χ4n) is 2.27. The van der Waals surface area contributed by atoms with E-state index in [1.807, 2.05) is 26.4 Å². The molecule has 0 aliphatic heterocycles. The summed E-state index contributed by atoms with van der Waals surface area (Å²) in [6.07, 6.45) is 6.15. The monoisotopic (exact) mass is 254 g/mol. The highest BCUT2D eigenvalue weighted by atomic mass is 15.0. The zero-order chi connectivity index (χ0) is 13.4. The van der Waals surface area contributed by atoms with E-state index in [4.69, 9.17) is 4.98 Å². The molecule has 1 fully saturated rings. The van der Waals surface area contributed by atoms with Gasteiger partial charge >= 0.3 is 0 Å². The van der Waals surface area contributed by atoms with Gasteiger partial charge in [0.25, 0.3) is 0 Å². The first-order chi connectivity index (χ1) is 9.19. The van der Waals surface area contributed by atoms with Gasteiger partial charge in [-0.3, -0.25) is 4.98 Å². The maximum atomic E-state index is 4.76. The van der Waals surface area contributed by atoms with E-state index in [2.05, 4.69) is 28.3 Å². The summed E-state index contributed by atoms with van der Waals surface area (Å²) in [5.41, 5.74) is 4.30. The van der Waals surface area contributed by atoms with Gasteiger partial charge in [0, 0.05) is 36.5 Å². The average Bonchev–Trinajstić information content (AvgIpc) is 3.23. The third-order valence-electron chi connectivity index (χ3n) is 3.49. The lowest BCUT2D eigenvalue weighted by Gasteiger charge is -2.12. The molecule has 1 saturated carbocycles. The molecule has 19 heavy (non-hydrogen) atoms. The van der Waals surface area contributed by atoms with Gasteiger partial charge in [0.2, 0.25) is 0 Å². The molecule has 2 aromatic rings. The highest BCUT2D eigenvalue weighted by Crippen LogP contribution is 2.40. The average molecular weight is 254 g/mol. The van der Waals surface area contributed by atoms with Crippen molar-refractivity contribution in [1.82, 2.24) is 15.0 Å². The Labute approximate surface area is 113 Å². The number of aromatic nitrogens is 3. The molecule has 1 aliphatic rings. The standard InChI is InChI=1S/C15H18N4/c1-9-6-12(8-17-7-9)13-10(2)14(16-3)19-15(18-13)11-4-5-11/h6-8,11H,4-5H2,1-3H3,(H,16,18,19). The second kappa shape index (κ2) is 4.61. The highest BCUT2D eigenvalue weighted by Gasteiger charge is 2.28. The predicted octanol–water partition coefficient (Wildman–Crippen LogP) is 3.07. The molecule has 0 radical (unpaired) electrons. The van der Waals surface area contributed by atoms with Gasteiger partial charge in [0.15, 0.2) is 0 Å². The van der Waals surface area contributed by atoms with Crippen LogP contribution in [0, 0.1) is 13.8 Å². The smallest absolute Gasteiger partial charge is 0.134 e. The number of aryl methyl sites for hydroxylation is 1. The molecule has 98 valence electrons. The van der Waals surface area contributed by atoms with Crippen LogP contribution in [0.25, 0.3) is 11.3 Å². The number of pyridine rings is 1. The molecule has 4 nitrogen and oxygen atoms in total. The van der Waals surface area contributed by atoms with Crippen LogP contribution in [-0.2, 0) is 0 Å². The van der Waals surface area contributed by atoms with Crippen molar-refractivity contribution in [2.45, 2.75) is 32.6 Å². The Morgan fingerprint density at radius 1 is 1.16 bits per heavy atom. The van der Waals surface area contributed by atoms with Crippen molar-refractivity contribution in [1.29, 1.82) is 0 Å². The lowest BCUT2D eigenvalue weighted by molar-refractivity contribution is 0.923. The summed E-state index contributed by atoms with van der Waals surface area (Å²) < 4.78 is 0. The molecule has 4 heteroatoms. The fourth-order valence-corrected chi connectivity index (χ4v) is 2.27. The second-order valence-corrected chi connectivity index (χ2v) is 5.18. The van der Waals surface area contributed by atoms with Crippen LogP contribution in [0.1, 0.15) is 35.7 Å². The molecule has 0 atom stereocenters. The van der Waals surface area contributed by atoms with Crippen LogP contribution in [0.4, 0.5) is 5.82 Å². The van der Waals surface area contributed by atoms with E-state index in [-0.39, 0.29) is 0 Å². The molecule has 0 aromatic carbocycles. The summed E-state index contributed by atoms with van der Waals surface area (Å²) in [5.74, 6) is 2.43. The van der Waals surface area contributed by atoms with Crippen molar-refractivity contribution < 1.29 is 0 Å². The summed E-state index contributed by atoms with van der Waals surface area (Å²) in [6, 6.07) is 2.12. The van der Waals surface area contributed by atoms with Crippen LogP contribution in [0.2, 0.25) is 0 Å². The van der Waals surface area contributed by atoms with E-state index in [1.54, 1.807) is 0 Å². The Morgan fingerprint density at radius 3 is 2.58 bits per heavy atom. The molecule has 0 saturated heterocycles. The van der Waals surface area contributed by atoms with E-state index in [0.717, 1.165) is 34.0 Å². The summed E-state index contributed by atoms with van der Waals surface area (Å²) in [4.78, 5) is 13.6. The van der Waals surface area contributed by atoms with Crippen LogP contribution < -0.4 is 5.32 Å². The highest BCUT2D eigenvalue weighted by molar-refractivity contribution is 5.68. The van der Waals surface area contributed by atoms with Gasteiger partial charge < -0.3 is 5.32 Å². The van der Waals surface area contributed by atoms with Crippen molar-refractivity contribution in [3.05, 3.63) is 35.4 Å². The predicted molar refractivity (Wildman–Crippen MR) is 76.3 cm³/mol.